The fourth-order valence-electron chi connectivity index (χ4n) is 4.76. The number of furan rings is 1. The van der Waals surface area contributed by atoms with Crippen LogP contribution in [0, 0.1) is 0 Å². The lowest BCUT2D eigenvalue weighted by Gasteiger charge is -2.22. The number of carbonyl (C=O) groups is 2. The molecular formula is C29H24N2O6. The van der Waals surface area contributed by atoms with Crippen molar-refractivity contribution in [2.24, 2.45) is 0 Å². The Morgan fingerprint density at radius 1 is 1.03 bits per heavy atom. The highest BCUT2D eigenvalue weighted by atomic mass is 16.7. The van der Waals surface area contributed by atoms with Gasteiger partial charge in [0, 0.05) is 11.9 Å². The van der Waals surface area contributed by atoms with Crippen LogP contribution in [0.1, 0.15) is 45.8 Å². The quantitative estimate of drug-likeness (QED) is 0.379. The zero-order valence-corrected chi connectivity index (χ0v) is 20.0. The van der Waals surface area contributed by atoms with Gasteiger partial charge in [0.2, 0.25) is 6.79 Å². The van der Waals surface area contributed by atoms with E-state index >= 15 is 0 Å². The summed E-state index contributed by atoms with van der Waals surface area (Å²) < 4.78 is 21.7. The van der Waals surface area contributed by atoms with Crippen LogP contribution < -0.4 is 14.8 Å². The van der Waals surface area contributed by atoms with Crippen LogP contribution in [0.3, 0.4) is 0 Å². The monoisotopic (exact) mass is 496 g/mol. The molecule has 1 N–H and O–H groups in total. The van der Waals surface area contributed by atoms with Crippen LogP contribution in [-0.2, 0) is 22.5 Å². The first-order chi connectivity index (χ1) is 18.2. The normalized spacial score (nSPS) is 15.0. The number of pyridine rings is 1. The van der Waals surface area contributed by atoms with Gasteiger partial charge in [-0.05, 0) is 72.4 Å². The molecule has 0 bridgehead atoms. The zero-order valence-electron chi connectivity index (χ0n) is 20.0. The number of hydrogen-bond donors (Lipinski definition) is 1. The number of allylic oxidation sites excluding steroid dienone is 1. The van der Waals surface area contributed by atoms with E-state index in [1.54, 1.807) is 12.3 Å². The Balaban J connectivity index is 1.21. The maximum absolute atomic E-state index is 13.4. The average molecular weight is 497 g/mol. The molecule has 8 nitrogen and oxygen atoms in total. The van der Waals surface area contributed by atoms with Crippen molar-refractivity contribution in [3.63, 3.8) is 0 Å². The minimum absolute atomic E-state index is 0.189. The predicted octanol–water partition coefficient (Wildman–Crippen LogP) is 4.91. The van der Waals surface area contributed by atoms with Gasteiger partial charge in [-0.25, -0.2) is 9.78 Å². The van der Waals surface area contributed by atoms with E-state index in [2.05, 4.69) is 5.32 Å². The Bertz CT molecular complexity index is 1520. The first-order valence-corrected chi connectivity index (χ1v) is 12.1. The van der Waals surface area contributed by atoms with Crippen molar-refractivity contribution in [3.05, 3.63) is 89.0 Å². The number of amides is 1. The lowest BCUT2D eigenvalue weighted by atomic mass is 9.86. The zero-order chi connectivity index (χ0) is 25.2. The van der Waals surface area contributed by atoms with Crippen molar-refractivity contribution in [2.45, 2.75) is 25.8 Å². The molecular weight excluding hydrogens is 472 g/mol. The summed E-state index contributed by atoms with van der Waals surface area (Å²) in [6, 6.07) is 16.7. The second-order valence-corrected chi connectivity index (χ2v) is 8.91. The number of para-hydroxylation sites is 1. The molecule has 0 fully saturated rings. The van der Waals surface area contributed by atoms with E-state index in [1.807, 2.05) is 54.6 Å². The fraction of sp³-hybridized carbons (Fsp3) is 0.207. The van der Waals surface area contributed by atoms with Gasteiger partial charge >= 0.3 is 5.97 Å². The van der Waals surface area contributed by atoms with Gasteiger partial charge in [-0.2, -0.15) is 0 Å². The number of hydrogen-bond acceptors (Lipinski definition) is 7. The Labute approximate surface area is 212 Å². The molecule has 0 spiro atoms. The first-order valence-electron chi connectivity index (χ1n) is 12.1. The SMILES string of the molecule is O=C(COC(=O)c1c2c(nc3ccccc13)/C(=C/c1ccco1)CCC2)NCc1ccc2c(c1)OCO2. The molecule has 1 aliphatic carbocycles. The first kappa shape index (κ1) is 22.8. The second kappa shape index (κ2) is 9.81. The van der Waals surface area contributed by atoms with Crippen LogP contribution in [0.25, 0.3) is 22.6 Å². The average Bonchev–Trinajstić information content (AvgIpc) is 3.61. The molecule has 1 aliphatic heterocycles. The summed E-state index contributed by atoms with van der Waals surface area (Å²) in [5.74, 6) is 1.14. The van der Waals surface area contributed by atoms with Gasteiger partial charge in [0.05, 0.1) is 23.0 Å². The van der Waals surface area contributed by atoms with Gasteiger partial charge in [0.1, 0.15) is 5.76 Å². The number of carbonyl (C=O) groups excluding carboxylic acids is 2. The number of nitrogens with one attached hydrogen (secondary N) is 1. The van der Waals surface area contributed by atoms with Gasteiger partial charge in [0.15, 0.2) is 18.1 Å². The van der Waals surface area contributed by atoms with Crippen LogP contribution in [0.5, 0.6) is 11.5 Å². The van der Waals surface area contributed by atoms with E-state index in [1.165, 1.54) is 0 Å². The third kappa shape index (κ3) is 4.65. The molecule has 0 unspecified atom stereocenters. The third-order valence-electron chi connectivity index (χ3n) is 6.50. The molecule has 8 heteroatoms. The number of rotatable bonds is 6. The van der Waals surface area contributed by atoms with Crippen molar-refractivity contribution >= 4 is 34.4 Å². The molecule has 186 valence electrons. The predicted molar refractivity (Wildman–Crippen MR) is 136 cm³/mol. The topological polar surface area (TPSA) is 99.9 Å². The summed E-state index contributed by atoms with van der Waals surface area (Å²) in [4.78, 5) is 30.7. The van der Waals surface area contributed by atoms with E-state index in [4.69, 9.17) is 23.6 Å². The smallest absolute Gasteiger partial charge is 0.339 e. The molecule has 0 saturated heterocycles. The molecule has 1 amide bonds. The lowest BCUT2D eigenvalue weighted by Crippen LogP contribution is -2.28. The van der Waals surface area contributed by atoms with Crippen LogP contribution in [-0.4, -0.2) is 30.3 Å². The van der Waals surface area contributed by atoms with E-state index in [0.717, 1.165) is 41.0 Å². The Morgan fingerprint density at radius 3 is 2.81 bits per heavy atom. The summed E-state index contributed by atoms with van der Waals surface area (Å²) in [5, 5.41) is 3.50. The molecule has 6 rings (SSSR count). The summed E-state index contributed by atoms with van der Waals surface area (Å²) in [7, 11) is 0. The number of fused-ring (bicyclic) bond motifs is 3. The van der Waals surface area contributed by atoms with Gasteiger partial charge in [-0.1, -0.05) is 24.3 Å². The van der Waals surface area contributed by atoms with E-state index in [9.17, 15) is 9.59 Å². The minimum atomic E-state index is -0.535. The largest absolute Gasteiger partial charge is 0.465 e. The maximum Gasteiger partial charge on any atom is 0.339 e. The highest BCUT2D eigenvalue weighted by molar-refractivity contribution is 6.07. The van der Waals surface area contributed by atoms with Crippen molar-refractivity contribution in [2.75, 3.05) is 13.4 Å². The van der Waals surface area contributed by atoms with Crippen molar-refractivity contribution in [1.82, 2.24) is 10.3 Å². The molecule has 3 heterocycles. The van der Waals surface area contributed by atoms with Crippen LogP contribution in [0.15, 0.2) is 65.3 Å². The number of ether oxygens (including phenoxy) is 3. The van der Waals surface area contributed by atoms with Crippen molar-refractivity contribution in [3.8, 4) is 11.5 Å². The van der Waals surface area contributed by atoms with Gasteiger partial charge in [-0.15, -0.1) is 0 Å². The second-order valence-electron chi connectivity index (χ2n) is 8.91. The van der Waals surface area contributed by atoms with Crippen LogP contribution in [0.2, 0.25) is 0 Å². The van der Waals surface area contributed by atoms with Gasteiger partial charge < -0.3 is 23.9 Å². The van der Waals surface area contributed by atoms with E-state index in [-0.39, 0.29) is 19.9 Å². The molecule has 37 heavy (non-hydrogen) atoms. The number of esters is 1. The van der Waals surface area contributed by atoms with Gasteiger partial charge in [-0.3, -0.25) is 4.79 Å². The summed E-state index contributed by atoms with van der Waals surface area (Å²) in [6.07, 6.45) is 6.00. The molecule has 0 atom stereocenters. The Kier molecular flexibility index (Phi) is 6.06. The molecule has 0 saturated carbocycles. The number of benzene rings is 2. The van der Waals surface area contributed by atoms with Crippen molar-refractivity contribution in [1.29, 1.82) is 0 Å². The molecule has 4 aromatic rings. The summed E-state index contributed by atoms with van der Waals surface area (Å²) in [6.45, 7) is 0.0834. The third-order valence-corrected chi connectivity index (χ3v) is 6.50. The molecule has 2 aromatic carbocycles. The summed E-state index contributed by atoms with van der Waals surface area (Å²) in [5.41, 5.74) is 4.66. The van der Waals surface area contributed by atoms with Crippen LogP contribution >= 0.6 is 0 Å². The minimum Gasteiger partial charge on any atom is -0.465 e. The molecule has 2 aliphatic rings. The number of nitrogens with zero attached hydrogens (tertiary/aromatic N) is 1. The molecule has 0 radical (unpaired) electrons. The van der Waals surface area contributed by atoms with Gasteiger partial charge in [0.25, 0.3) is 5.91 Å². The van der Waals surface area contributed by atoms with E-state index < -0.39 is 11.9 Å². The standard InChI is InChI=1S/C29H24N2O6/c32-26(30-15-18-10-11-24-25(13-18)37-17-36-24)16-35-29(33)27-21-7-1-2-9-23(21)31-28-19(5-3-8-22(27)28)14-20-6-4-12-34-20/h1-2,4,6-7,9-14H,3,5,8,15-17H2,(H,30,32)/b19-14+. The summed E-state index contributed by atoms with van der Waals surface area (Å²) >= 11 is 0. The Hall–Kier alpha value is -4.59. The highest BCUT2D eigenvalue weighted by Crippen LogP contribution is 2.36. The Morgan fingerprint density at radius 2 is 1.92 bits per heavy atom. The molecule has 2 aromatic heterocycles. The van der Waals surface area contributed by atoms with Crippen LogP contribution in [0.4, 0.5) is 0 Å². The maximum atomic E-state index is 13.4. The highest BCUT2D eigenvalue weighted by Gasteiger charge is 2.26. The fourth-order valence-corrected chi connectivity index (χ4v) is 4.76. The van der Waals surface area contributed by atoms with E-state index in [0.29, 0.717) is 34.4 Å². The number of aromatic nitrogens is 1. The lowest BCUT2D eigenvalue weighted by molar-refractivity contribution is -0.124. The van der Waals surface area contributed by atoms with Crippen molar-refractivity contribution < 1.29 is 28.2 Å².